The molecular weight excluding hydrogens is 188 g/mol. The van der Waals surface area contributed by atoms with Gasteiger partial charge in [0, 0.05) is 12.6 Å². The van der Waals surface area contributed by atoms with Crippen molar-refractivity contribution >= 4 is 11.9 Å². The van der Waals surface area contributed by atoms with E-state index in [2.05, 4.69) is 6.92 Å². The molecule has 0 aromatic rings. The first-order chi connectivity index (χ1) is 6.54. The molecule has 0 aliphatic rings. The van der Waals surface area contributed by atoms with E-state index in [1.807, 2.05) is 0 Å². The number of aliphatic hydroxyl groups excluding tert-OH is 1. The van der Waals surface area contributed by atoms with E-state index in [9.17, 15) is 14.7 Å². The van der Waals surface area contributed by atoms with E-state index in [0.717, 1.165) is 6.42 Å². The van der Waals surface area contributed by atoms with Gasteiger partial charge in [-0.1, -0.05) is 6.42 Å². The van der Waals surface area contributed by atoms with Gasteiger partial charge in [0.1, 0.15) is 0 Å². The fourth-order valence-electron chi connectivity index (χ4n) is 0.558. The number of carbonyl (C=O) groups is 2. The number of carboxylic acid groups (broad SMARTS) is 2. The van der Waals surface area contributed by atoms with E-state index < -0.39 is 11.9 Å². The summed E-state index contributed by atoms with van der Waals surface area (Å²) in [6.45, 7) is 3.23. The van der Waals surface area contributed by atoms with Gasteiger partial charge in [-0.25, -0.2) is 4.79 Å². The average molecular weight is 204 g/mol. The summed E-state index contributed by atoms with van der Waals surface area (Å²) >= 11 is 0. The predicted molar refractivity (Wildman–Crippen MR) is 48.2 cm³/mol. The third-order valence-electron chi connectivity index (χ3n) is 1.25. The maximum atomic E-state index is 9.79. The summed E-state index contributed by atoms with van der Waals surface area (Å²) in [5, 5.41) is 25.7. The second kappa shape index (κ2) is 11.8. The van der Waals surface area contributed by atoms with Crippen LogP contribution in [0.3, 0.4) is 0 Å². The summed E-state index contributed by atoms with van der Waals surface area (Å²) in [6, 6.07) is 0. The van der Waals surface area contributed by atoms with Crippen LogP contribution in [0.5, 0.6) is 0 Å². The lowest BCUT2D eigenvalue weighted by Gasteiger charge is -1.98. The second-order valence-electron chi connectivity index (χ2n) is 2.55. The number of unbranched alkanes of at least 4 members (excludes halogenated alkanes) is 2. The molecule has 0 saturated carbocycles. The van der Waals surface area contributed by atoms with Crippen LogP contribution in [0.2, 0.25) is 0 Å². The highest BCUT2D eigenvalue weighted by atomic mass is 16.4. The van der Waals surface area contributed by atoms with Crippen molar-refractivity contribution in [2.75, 3.05) is 6.61 Å². The zero-order valence-electron chi connectivity index (χ0n) is 8.07. The molecule has 0 aliphatic carbocycles. The Labute approximate surface area is 83.4 Å². The van der Waals surface area contributed by atoms with Gasteiger partial charge in [0.2, 0.25) is 0 Å². The second-order valence-corrected chi connectivity index (χ2v) is 2.55. The molecule has 5 heteroatoms. The van der Waals surface area contributed by atoms with Gasteiger partial charge < -0.3 is 20.1 Å². The van der Waals surface area contributed by atoms with Crippen molar-refractivity contribution in [3.05, 3.63) is 6.92 Å². The summed E-state index contributed by atoms with van der Waals surface area (Å²) < 4.78 is 0. The zero-order chi connectivity index (χ0) is 11.4. The smallest absolute Gasteiger partial charge is 0.348 e. The molecule has 0 amide bonds. The van der Waals surface area contributed by atoms with Crippen molar-refractivity contribution in [3.63, 3.8) is 0 Å². The van der Waals surface area contributed by atoms with Gasteiger partial charge >= 0.3 is 5.97 Å². The molecule has 0 spiro atoms. The third kappa shape index (κ3) is 22.4. The lowest BCUT2D eigenvalue weighted by Crippen LogP contribution is -2.21. The quantitative estimate of drug-likeness (QED) is 0.452. The van der Waals surface area contributed by atoms with Crippen LogP contribution < -0.4 is 5.11 Å². The van der Waals surface area contributed by atoms with Crippen LogP contribution in [0.25, 0.3) is 0 Å². The summed E-state index contributed by atoms with van der Waals surface area (Å²) in [5.41, 5.74) is 0. The normalized spacial score (nSPS) is 8.64. The van der Waals surface area contributed by atoms with Crippen molar-refractivity contribution in [1.82, 2.24) is 0 Å². The SMILES string of the molecule is O=C([O-])CCCCCO.[CH2+]CC(=O)O. The maximum Gasteiger partial charge on any atom is 0.348 e. The van der Waals surface area contributed by atoms with Crippen molar-refractivity contribution < 1.29 is 24.9 Å². The van der Waals surface area contributed by atoms with Gasteiger partial charge in [0.25, 0.3) is 0 Å². The Morgan fingerprint density at radius 3 is 2.00 bits per heavy atom. The van der Waals surface area contributed by atoms with Gasteiger partial charge in [-0.15, -0.1) is 0 Å². The summed E-state index contributed by atoms with van der Waals surface area (Å²) in [4.78, 5) is 19.1. The number of hydrogen-bond acceptors (Lipinski definition) is 4. The lowest BCUT2D eigenvalue weighted by molar-refractivity contribution is -0.305. The van der Waals surface area contributed by atoms with E-state index in [4.69, 9.17) is 10.2 Å². The Hall–Kier alpha value is -1.23. The Bertz CT molecular complexity index is 155. The molecule has 0 unspecified atom stereocenters. The molecule has 82 valence electrons. The largest absolute Gasteiger partial charge is 0.550 e. The molecular formula is C9H16O5. The van der Waals surface area contributed by atoms with E-state index in [-0.39, 0.29) is 19.4 Å². The highest BCUT2D eigenvalue weighted by Crippen LogP contribution is 1.96. The topological polar surface area (TPSA) is 97.7 Å². The summed E-state index contributed by atoms with van der Waals surface area (Å²) in [7, 11) is 0. The van der Waals surface area contributed by atoms with Crippen LogP contribution in [0, 0.1) is 6.92 Å². The van der Waals surface area contributed by atoms with Crippen LogP contribution in [-0.4, -0.2) is 28.8 Å². The van der Waals surface area contributed by atoms with Crippen LogP contribution >= 0.6 is 0 Å². The minimum Gasteiger partial charge on any atom is -0.550 e. The van der Waals surface area contributed by atoms with Crippen molar-refractivity contribution in [1.29, 1.82) is 0 Å². The van der Waals surface area contributed by atoms with E-state index in [0.29, 0.717) is 12.8 Å². The average Bonchev–Trinajstić information content (AvgIpc) is 2.13. The summed E-state index contributed by atoms with van der Waals surface area (Å²) in [5.74, 6) is -1.86. The first kappa shape index (κ1) is 15.3. The van der Waals surface area contributed by atoms with Crippen molar-refractivity contribution in [2.24, 2.45) is 0 Å². The predicted octanol–water partition coefficient (Wildman–Crippen LogP) is -0.416. The van der Waals surface area contributed by atoms with E-state index in [1.54, 1.807) is 0 Å². The highest BCUT2D eigenvalue weighted by molar-refractivity contribution is 5.67. The number of aliphatic carboxylic acids is 2. The van der Waals surface area contributed by atoms with Crippen molar-refractivity contribution in [2.45, 2.75) is 32.1 Å². The molecule has 0 aliphatic heterocycles. The fraction of sp³-hybridized carbons (Fsp3) is 0.667. The molecule has 5 nitrogen and oxygen atoms in total. The molecule has 0 aromatic carbocycles. The molecule has 14 heavy (non-hydrogen) atoms. The molecule has 0 bridgehead atoms. The molecule has 0 atom stereocenters. The van der Waals surface area contributed by atoms with Gasteiger partial charge in [-0.2, -0.15) is 0 Å². The Balaban J connectivity index is 0. The number of carbonyl (C=O) groups excluding carboxylic acids is 1. The van der Waals surface area contributed by atoms with Gasteiger partial charge in [0.15, 0.2) is 6.42 Å². The van der Waals surface area contributed by atoms with Gasteiger partial charge in [0.05, 0.1) is 6.92 Å². The van der Waals surface area contributed by atoms with Crippen LogP contribution in [0.1, 0.15) is 32.1 Å². The molecule has 0 fully saturated rings. The first-order valence-electron chi connectivity index (χ1n) is 4.36. The lowest BCUT2D eigenvalue weighted by atomic mass is 10.2. The number of carboxylic acids is 2. The first-order valence-corrected chi connectivity index (χ1v) is 4.36. The minimum absolute atomic E-state index is 0.0278. The van der Waals surface area contributed by atoms with Crippen LogP contribution in [0.15, 0.2) is 0 Å². The van der Waals surface area contributed by atoms with Crippen LogP contribution in [0.4, 0.5) is 0 Å². The monoisotopic (exact) mass is 204 g/mol. The summed E-state index contributed by atoms with van der Waals surface area (Å²) in [6.07, 6.45) is 2.15. The third-order valence-corrected chi connectivity index (χ3v) is 1.25. The molecule has 0 saturated heterocycles. The zero-order valence-corrected chi connectivity index (χ0v) is 8.07. The van der Waals surface area contributed by atoms with E-state index in [1.165, 1.54) is 0 Å². The Kier molecular flexibility index (Phi) is 12.8. The molecule has 0 heterocycles. The Morgan fingerprint density at radius 2 is 1.71 bits per heavy atom. The molecule has 0 aromatic heterocycles. The molecule has 2 N–H and O–H groups in total. The fourth-order valence-corrected chi connectivity index (χ4v) is 0.558. The minimum atomic E-state index is -1.01. The molecule has 0 radical (unpaired) electrons. The van der Waals surface area contributed by atoms with Crippen molar-refractivity contribution in [3.8, 4) is 0 Å². The van der Waals surface area contributed by atoms with Crippen LogP contribution in [-0.2, 0) is 9.59 Å². The van der Waals surface area contributed by atoms with E-state index >= 15 is 0 Å². The standard InChI is InChI=1S/C6H12O3.C3H4O2/c7-5-3-1-2-4-6(8)9;1-2-3(4)5/h7H,1-5H2,(H,8,9);1-2H2. The highest BCUT2D eigenvalue weighted by Gasteiger charge is 1.88. The number of aliphatic hydroxyl groups is 1. The van der Waals surface area contributed by atoms with Gasteiger partial charge in [-0.3, -0.25) is 0 Å². The molecule has 0 rings (SSSR count). The Morgan fingerprint density at radius 1 is 1.21 bits per heavy atom. The number of rotatable bonds is 6. The van der Waals surface area contributed by atoms with Gasteiger partial charge in [-0.05, 0) is 19.3 Å². The maximum absolute atomic E-state index is 9.79. The number of hydrogen-bond donors (Lipinski definition) is 2.